The number of aliphatic hydroxyl groups excluding tert-OH is 1. The van der Waals surface area contributed by atoms with Crippen LogP contribution in [0.15, 0.2) is 0 Å². The smallest absolute Gasteiger partial charge is 0.326 e. The van der Waals surface area contributed by atoms with Crippen molar-refractivity contribution in [2.45, 2.75) is 25.0 Å². The highest BCUT2D eigenvalue weighted by atomic mass is 16.5. The zero-order valence-corrected chi connectivity index (χ0v) is 10.0. The first-order valence-corrected chi connectivity index (χ1v) is 6.12. The summed E-state index contributed by atoms with van der Waals surface area (Å²) in [5.74, 6) is -0.932. The Morgan fingerprint density at radius 2 is 2.17 bits per heavy atom. The quantitative estimate of drug-likeness (QED) is 0.616. The summed E-state index contributed by atoms with van der Waals surface area (Å²) in [6.07, 6.45) is 1.31. The van der Waals surface area contributed by atoms with Gasteiger partial charge in [0.2, 0.25) is 0 Å². The number of carbonyl (C=O) groups excluding carboxylic acids is 1. The van der Waals surface area contributed by atoms with E-state index < -0.39 is 18.0 Å². The molecule has 2 atom stereocenters. The fraction of sp³-hybridized carbons (Fsp3) is 0.818. The molecule has 7 heteroatoms. The molecule has 0 aromatic carbocycles. The Kier molecular flexibility index (Phi) is 4.03. The van der Waals surface area contributed by atoms with Crippen molar-refractivity contribution in [1.82, 2.24) is 10.2 Å². The molecular weight excluding hydrogens is 240 g/mol. The lowest BCUT2D eigenvalue weighted by Crippen LogP contribution is -2.54. The molecule has 3 N–H and O–H groups in total. The number of ether oxygens (including phenoxy) is 1. The number of nitrogens with zero attached hydrogens (tertiary/aromatic N) is 1. The summed E-state index contributed by atoms with van der Waals surface area (Å²) in [6, 6.07) is -1.19. The molecule has 102 valence electrons. The van der Waals surface area contributed by atoms with Crippen LogP contribution in [0.25, 0.3) is 0 Å². The number of aliphatic carboxylic acids is 1. The Morgan fingerprint density at radius 1 is 1.44 bits per heavy atom. The summed E-state index contributed by atoms with van der Waals surface area (Å²) in [5, 5.41) is 20.6. The predicted octanol–water partition coefficient (Wildman–Crippen LogP) is -0.748. The normalized spacial score (nSPS) is 25.6. The van der Waals surface area contributed by atoms with E-state index in [4.69, 9.17) is 14.9 Å². The summed E-state index contributed by atoms with van der Waals surface area (Å²) in [7, 11) is 0. The van der Waals surface area contributed by atoms with Crippen LogP contribution in [0.2, 0.25) is 0 Å². The van der Waals surface area contributed by atoms with Gasteiger partial charge in [0.25, 0.3) is 0 Å². The molecule has 2 amide bonds. The van der Waals surface area contributed by atoms with Gasteiger partial charge in [0, 0.05) is 6.54 Å². The lowest BCUT2D eigenvalue weighted by molar-refractivity contribution is -0.139. The molecule has 7 nitrogen and oxygen atoms in total. The van der Waals surface area contributed by atoms with Crippen molar-refractivity contribution in [3.63, 3.8) is 0 Å². The van der Waals surface area contributed by atoms with E-state index in [0.29, 0.717) is 19.7 Å². The van der Waals surface area contributed by atoms with Gasteiger partial charge in [-0.05, 0) is 18.8 Å². The molecule has 0 radical (unpaired) electrons. The number of carboxylic acids is 1. The molecule has 1 heterocycles. The van der Waals surface area contributed by atoms with Crippen molar-refractivity contribution < 1.29 is 24.5 Å². The molecule has 2 fully saturated rings. The number of urea groups is 1. The van der Waals surface area contributed by atoms with Gasteiger partial charge in [-0.1, -0.05) is 0 Å². The topological polar surface area (TPSA) is 99.1 Å². The van der Waals surface area contributed by atoms with E-state index in [2.05, 4.69) is 5.32 Å². The van der Waals surface area contributed by atoms with Crippen LogP contribution in [0.1, 0.15) is 12.8 Å². The van der Waals surface area contributed by atoms with Gasteiger partial charge in [0.1, 0.15) is 6.04 Å². The fourth-order valence-corrected chi connectivity index (χ4v) is 2.05. The molecule has 1 aliphatic carbocycles. The van der Waals surface area contributed by atoms with Crippen LogP contribution in [0.3, 0.4) is 0 Å². The predicted molar refractivity (Wildman–Crippen MR) is 61.1 cm³/mol. The first-order valence-electron chi connectivity index (χ1n) is 6.12. The molecule has 1 saturated carbocycles. The Bertz CT molecular complexity index is 331. The second-order valence-corrected chi connectivity index (χ2v) is 4.72. The number of aliphatic hydroxyl groups is 1. The number of carboxylic acid groups (broad SMARTS) is 1. The minimum atomic E-state index is -0.988. The number of hydrogen-bond acceptors (Lipinski definition) is 4. The standard InChI is InChI=1S/C11H18N2O5/c14-6-8-5-13(3-4-18-8)11(17)12-9(10(15)16)7-1-2-7/h7-9,14H,1-6H2,(H,12,17)(H,15,16). The summed E-state index contributed by atoms with van der Waals surface area (Å²) >= 11 is 0. The minimum Gasteiger partial charge on any atom is -0.480 e. The summed E-state index contributed by atoms with van der Waals surface area (Å²) in [4.78, 5) is 24.4. The van der Waals surface area contributed by atoms with E-state index in [9.17, 15) is 9.59 Å². The van der Waals surface area contributed by atoms with Crippen molar-refractivity contribution in [3.05, 3.63) is 0 Å². The van der Waals surface area contributed by atoms with Crippen LogP contribution in [-0.4, -0.2) is 65.6 Å². The Hall–Kier alpha value is -1.34. The number of amides is 2. The van der Waals surface area contributed by atoms with Gasteiger partial charge in [-0.2, -0.15) is 0 Å². The first kappa shape index (κ1) is 13.1. The fourth-order valence-electron chi connectivity index (χ4n) is 2.05. The van der Waals surface area contributed by atoms with E-state index in [1.165, 1.54) is 4.90 Å². The van der Waals surface area contributed by atoms with Crippen LogP contribution >= 0.6 is 0 Å². The molecule has 1 saturated heterocycles. The third kappa shape index (κ3) is 3.11. The maximum Gasteiger partial charge on any atom is 0.326 e. The van der Waals surface area contributed by atoms with Crippen LogP contribution in [-0.2, 0) is 9.53 Å². The average molecular weight is 258 g/mol. The van der Waals surface area contributed by atoms with Gasteiger partial charge in [-0.25, -0.2) is 9.59 Å². The number of morpholine rings is 1. The Balaban J connectivity index is 1.88. The van der Waals surface area contributed by atoms with E-state index in [-0.39, 0.29) is 18.6 Å². The summed E-state index contributed by atoms with van der Waals surface area (Å²) in [5.41, 5.74) is 0. The van der Waals surface area contributed by atoms with Gasteiger partial charge >= 0.3 is 12.0 Å². The van der Waals surface area contributed by atoms with E-state index in [1.54, 1.807) is 0 Å². The largest absolute Gasteiger partial charge is 0.480 e. The van der Waals surface area contributed by atoms with Crippen LogP contribution in [0.5, 0.6) is 0 Å². The molecule has 0 spiro atoms. The second-order valence-electron chi connectivity index (χ2n) is 4.72. The molecule has 0 aromatic heterocycles. The van der Waals surface area contributed by atoms with Crippen LogP contribution in [0.4, 0.5) is 4.79 Å². The minimum absolute atomic E-state index is 0.0566. The molecule has 18 heavy (non-hydrogen) atoms. The van der Waals surface area contributed by atoms with Crippen molar-refractivity contribution in [2.24, 2.45) is 5.92 Å². The van der Waals surface area contributed by atoms with Crippen molar-refractivity contribution >= 4 is 12.0 Å². The van der Waals surface area contributed by atoms with Crippen LogP contribution < -0.4 is 5.32 Å². The monoisotopic (exact) mass is 258 g/mol. The average Bonchev–Trinajstić information content (AvgIpc) is 3.19. The van der Waals surface area contributed by atoms with Gasteiger partial charge < -0.3 is 25.2 Å². The summed E-state index contributed by atoms with van der Waals surface area (Å²) in [6.45, 7) is 0.924. The van der Waals surface area contributed by atoms with E-state index in [0.717, 1.165) is 12.8 Å². The maximum absolute atomic E-state index is 11.9. The zero-order chi connectivity index (χ0) is 13.1. The highest BCUT2D eigenvalue weighted by molar-refractivity contribution is 5.83. The van der Waals surface area contributed by atoms with Crippen molar-refractivity contribution in [3.8, 4) is 0 Å². The highest BCUT2D eigenvalue weighted by Crippen LogP contribution is 2.32. The number of carbonyl (C=O) groups is 2. The van der Waals surface area contributed by atoms with Crippen LogP contribution in [0, 0.1) is 5.92 Å². The SMILES string of the molecule is O=C(O)C(NC(=O)N1CCOC(CO)C1)C1CC1. The first-order chi connectivity index (χ1) is 8.61. The van der Waals surface area contributed by atoms with Gasteiger partial charge in [0.15, 0.2) is 0 Å². The molecule has 2 unspecified atom stereocenters. The van der Waals surface area contributed by atoms with E-state index in [1.807, 2.05) is 0 Å². The Morgan fingerprint density at radius 3 is 2.72 bits per heavy atom. The van der Waals surface area contributed by atoms with E-state index >= 15 is 0 Å². The molecule has 0 aromatic rings. The highest BCUT2D eigenvalue weighted by Gasteiger charge is 2.38. The van der Waals surface area contributed by atoms with Gasteiger partial charge in [-0.3, -0.25) is 0 Å². The second kappa shape index (κ2) is 5.53. The third-order valence-corrected chi connectivity index (χ3v) is 3.27. The maximum atomic E-state index is 11.9. The lowest BCUT2D eigenvalue weighted by atomic mass is 10.2. The van der Waals surface area contributed by atoms with Crippen molar-refractivity contribution in [2.75, 3.05) is 26.3 Å². The molecule has 2 aliphatic rings. The molecule has 0 bridgehead atoms. The number of rotatable bonds is 4. The molecular formula is C11H18N2O5. The number of hydrogen-bond donors (Lipinski definition) is 3. The summed E-state index contributed by atoms with van der Waals surface area (Å²) < 4.78 is 5.23. The van der Waals surface area contributed by atoms with Gasteiger partial charge in [0.05, 0.1) is 25.9 Å². The zero-order valence-electron chi connectivity index (χ0n) is 10.0. The lowest BCUT2D eigenvalue weighted by Gasteiger charge is -2.32. The molecule has 1 aliphatic heterocycles. The van der Waals surface area contributed by atoms with Gasteiger partial charge in [-0.15, -0.1) is 0 Å². The third-order valence-electron chi connectivity index (χ3n) is 3.27. The van der Waals surface area contributed by atoms with Crippen molar-refractivity contribution in [1.29, 1.82) is 0 Å². The Labute approximate surface area is 105 Å². The molecule has 2 rings (SSSR count). The number of nitrogens with one attached hydrogen (secondary N) is 1.